The van der Waals surface area contributed by atoms with E-state index in [9.17, 15) is 5.11 Å². The van der Waals surface area contributed by atoms with E-state index in [1.165, 1.54) is 0 Å². The topological polar surface area (TPSA) is 55.5 Å². The van der Waals surface area contributed by atoms with Crippen molar-refractivity contribution in [3.05, 3.63) is 28.8 Å². The fraction of sp³-hybridized carbons (Fsp3) is 0.538. The molecule has 0 heterocycles. The molecule has 0 bridgehead atoms. The largest absolute Gasteiger partial charge is 0.495 e. The fourth-order valence-corrected chi connectivity index (χ4v) is 1.89. The molecule has 0 saturated heterocycles. The third-order valence-corrected chi connectivity index (χ3v) is 3.14. The lowest BCUT2D eigenvalue weighted by atomic mass is 9.98. The van der Waals surface area contributed by atoms with Crippen LogP contribution in [0.3, 0.4) is 0 Å². The lowest BCUT2D eigenvalue weighted by Gasteiger charge is -2.19. The van der Waals surface area contributed by atoms with Crippen LogP contribution in [-0.4, -0.2) is 18.3 Å². The van der Waals surface area contributed by atoms with Gasteiger partial charge in [-0.25, -0.2) is 0 Å². The molecule has 96 valence electrons. The first kappa shape index (κ1) is 14.3. The predicted molar refractivity (Wildman–Crippen MR) is 70.5 cm³/mol. The number of methoxy groups -OCH3 is 1. The lowest BCUT2D eigenvalue weighted by molar-refractivity contribution is 0.132. The molecular formula is C13H20ClNO2. The Morgan fingerprint density at radius 1 is 1.47 bits per heavy atom. The Hall–Kier alpha value is -0.770. The van der Waals surface area contributed by atoms with Crippen molar-refractivity contribution < 1.29 is 9.84 Å². The van der Waals surface area contributed by atoms with Gasteiger partial charge in [0.1, 0.15) is 5.75 Å². The molecule has 17 heavy (non-hydrogen) atoms. The minimum absolute atomic E-state index is 0.396. The molecule has 4 heteroatoms. The van der Waals surface area contributed by atoms with Crippen molar-refractivity contribution in [1.82, 2.24) is 0 Å². The van der Waals surface area contributed by atoms with Crippen LogP contribution in [0.2, 0.25) is 5.02 Å². The minimum Gasteiger partial charge on any atom is -0.495 e. The number of benzene rings is 1. The van der Waals surface area contributed by atoms with Crippen molar-refractivity contribution in [2.75, 3.05) is 7.11 Å². The summed E-state index contributed by atoms with van der Waals surface area (Å²) in [5, 5.41) is 10.5. The molecule has 0 radical (unpaired) electrons. The number of halogens is 1. The molecular weight excluding hydrogens is 238 g/mol. The first-order valence-corrected chi connectivity index (χ1v) is 6.25. The molecule has 1 aromatic rings. The van der Waals surface area contributed by atoms with E-state index in [0.29, 0.717) is 17.2 Å². The molecule has 0 aliphatic heterocycles. The summed E-state index contributed by atoms with van der Waals surface area (Å²) in [6.45, 7) is 2.09. The molecule has 0 aliphatic carbocycles. The monoisotopic (exact) mass is 257 g/mol. The van der Waals surface area contributed by atoms with Crippen molar-refractivity contribution in [1.29, 1.82) is 0 Å². The van der Waals surface area contributed by atoms with E-state index in [0.717, 1.165) is 18.4 Å². The number of aliphatic hydroxyl groups is 1. The van der Waals surface area contributed by atoms with Gasteiger partial charge in [0.2, 0.25) is 0 Å². The number of unbranched alkanes of at least 4 members (excludes halogenated alkanes) is 1. The summed E-state index contributed by atoms with van der Waals surface area (Å²) in [5.74, 6) is 0.585. The summed E-state index contributed by atoms with van der Waals surface area (Å²) in [7, 11) is 1.56. The Morgan fingerprint density at radius 2 is 2.18 bits per heavy atom. The molecule has 1 aromatic carbocycles. The van der Waals surface area contributed by atoms with Crippen LogP contribution >= 0.6 is 11.6 Å². The first-order chi connectivity index (χ1) is 8.10. The summed E-state index contributed by atoms with van der Waals surface area (Å²) in [6, 6.07) is 4.95. The number of hydrogen-bond acceptors (Lipinski definition) is 3. The molecule has 1 rings (SSSR count). The molecule has 0 spiro atoms. The van der Waals surface area contributed by atoms with Gasteiger partial charge in [0, 0.05) is 0 Å². The zero-order valence-corrected chi connectivity index (χ0v) is 11.1. The van der Waals surface area contributed by atoms with E-state index >= 15 is 0 Å². The Kier molecular flexibility index (Phi) is 5.75. The van der Waals surface area contributed by atoms with Crippen molar-refractivity contribution in [3.8, 4) is 5.75 Å². The number of hydrogen-bond donors (Lipinski definition) is 2. The SMILES string of the molecule is CCCC[C@H](O)[C@H](N)c1ccc(Cl)c(OC)c1. The molecule has 2 atom stereocenters. The maximum atomic E-state index is 9.94. The molecule has 0 aliphatic rings. The van der Waals surface area contributed by atoms with E-state index < -0.39 is 12.1 Å². The second kappa shape index (κ2) is 6.84. The zero-order valence-electron chi connectivity index (χ0n) is 10.3. The van der Waals surface area contributed by atoms with Gasteiger partial charge in [0.15, 0.2) is 0 Å². The van der Waals surface area contributed by atoms with E-state index in [-0.39, 0.29) is 0 Å². The van der Waals surface area contributed by atoms with E-state index in [1.807, 2.05) is 6.07 Å². The van der Waals surface area contributed by atoms with Gasteiger partial charge >= 0.3 is 0 Å². The third kappa shape index (κ3) is 3.87. The minimum atomic E-state index is -0.527. The number of aliphatic hydroxyl groups excluding tert-OH is 1. The Balaban J connectivity index is 2.77. The highest BCUT2D eigenvalue weighted by Gasteiger charge is 2.17. The highest BCUT2D eigenvalue weighted by atomic mass is 35.5. The fourth-order valence-electron chi connectivity index (χ4n) is 1.70. The van der Waals surface area contributed by atoms with Gasteiger partial charge in [0.05, 0.1) is 24.3 Å². The van der Waals surface area contributed by atoms with Crippen molar-refractivity contribution in [2.24, 2.45) is 5.73 Å². The first-order valence-electron chi connectivity index (χ1n) is 5.87. The van der Waals surface area contributed by atoms with Crippen LogP contribution in [0.15, 0.2) is 18.2 Å². The van der Waals surface area contributed by atoms with Gasteiger partial charge < -0.3 is 15.6 Å². The van der Waals surface area contributed by atoms with Gasteiger partial charge in [-0.2, -0.15) is 0 Å². The average molecular weight is 258 g/mol. The summed E-state index contributed by atoms with van der Waals surface area (Å²) in [5.41, 5.74) is 6.85. The number of rotatable bonds is 6. The van der Waals surface area contributed by atoms with E-state index in [1.54, 1.807) is 19.2 Å². The normalized spacial score (nSPS) is 14.4. The lowest BCUT2D eigenvalue weighted by Crippen LogP contribution is -2.26. The average Bonchev–Trinajstić information content (AvgIpc) is 2.35. The summed E-state index contributed by atoms with van der Waals surface area (Å²) >= 11 is 5.94. The molecule has 0 fully saturated rings. The maximum Gasteiger partial charge on any atom is 0.137 e. The summed E-state index contributed by atoms with van der Waals surface area (Å²) < 4.78 is 5.13. The number of nitrogens with two attached hydrogens (primary N) is 1. The van der Waals surface area contributed by atoms with E-state index in [2.05, 4.69) is 6.92 Å². The summed E-state index contributed by atoms with van der Waals surface area (Å²) in [4.78, 5) is 0. The third-order valence-electron chi connectivity index (χ3n) is 2.83. The van der Waals surface area contributed by atoms with Crippen LogP contribution < -0.4 is 10.5 Å². The summed E-state index contributed by atoms with van der Waals surface area (Å²) in [6.07, 6.45) is 2.21. The highest BCUT2D eigenvalue weighted by Crippen LogP contribution is 2.28. The van der Waals surface area contributed by atoms with Crippen LogP contribution in [0.1, 0.15) is 37.8 Å². The van der Waals surface area contributed by atoms with E-state index in [4.69, 9.17) is 22.1 Å². The smallest absolute Gasteiger partial charge is 0.137 e. The van der Waals surface area contributed by atoms with Crippen LogP contribution in [-0.2, 0) is 0 Å². The van der Waals surface area contributed by atoms with Gasteiger partial charge in [-0.05, 0) is 24.1 Å². The quantitative estimate of drug-likeness (QED) is 0.824. The van der Waals surface area contributed by atoms with Crippen molar-refractivity contribution >= 4 is 11.6 Å². The molecule has 3 N–H and O–H groups in total. The van der Waals surface area contributed by atoms with Crippen molar-refractivity contribution in [3.63, 3.8) is 0 Å². The van der Waals surface area contributed by atoms with Crippen LogP contribution in [0.4, 0.5) is 0 Å². The molecule has 3 nitrogen and oxygen atoms in total. The van der Waals surface area contributed by atoms with Crippen LogP contribution in [0.5, 0.6) is 5.75 Å². The molecule has 0 aromatic heterocycles. The van der Waals surface area contributed by atoms with Gasteiger partial charge in [-0.15, -0.1) is 0 Å². The standard InChI is InChI=1S/C13H20ClNO2/c1-3-4-5-11(16)13(15)9-6-7-10(14)12(8-9)17-2/h6-8,11,13,16H,3-5,15H2,1-2H3/t11-,13+/m0/s1. The zero-order chi connectivity index (χ0) is 12.8. The van der Waals surface area contributed by atoms with Crippen LogP contribution in [0.25, 0.3) is 0 Å². The number of ether oxygens (including phenoxy) is 1. The highest BCUT2D eigenvalue weighted by molar-refractivity contribution is 6.32. The Bertz CT molecular complexity index is 357. The van der Waals surface area contributed by atoms with Gasteiger partial charge in [-0.3, -0.25) is 0 Å². The molecule has 0 amide bonds. The van der Waals surface area contributed by atoms with Gasteiger partial charge in [-0.1, -0.05) is 37.4 Å². The maximum absolute atomic E-state index is 9.94. The second-order valence-corrected chi connectivity index (χ2v) is 4.54. The van der Waals surface area contributed by atoms with Gasteiger partial charge in [0.25, 0.3) is 0 Å². The predicted octanol–water partition coefficient (Wildman–Crippen LogP) is 2.90. The molecule has 0 unspecified atom stereocenters. The van der Waals surface area contributed by atoms with Crippen molar-refractivity contribution in [2.45, 2.75) is 38.3 Å². The Labute approximate surface area is 108 Å². The molecule has 0 saturated carbocycles. The Morgan fingerprint density at radius 3 is 2.76 bits per heavy atom. The second-order valence-electron chi connectivity index (χ2n) is 4.13. The van der Waals surface area contributed by atoms with Crippen LogP contribution in [0, 0.1) is 0 Å².